The number of nitrogens with zero attached hydrogens (tertiary/aromatic N) is 10. The van der Waals surface area contributed by atoms with E-state index in [1.807, 2.05) is 242 Å². The average molecular weight is 2500 g/mol. The van der Waals surface area contributed by atoms with Crippen LogP contribution in [-0.2, 0) is 90.7 Å². The van der Waals surface area contributed by atoms with Crippen LogP contribution >= 0.6 is 11.3 Å². The molecule has 9 heterocycles. The Hall–Kier alpha value is -13.9. The van der Waals surface area contributed by atoms with Crippen LogP contribution in [0.5, 0.6) is 5.75 Å². The van der Waals surface area contributed by atoms with E-state index < -0.39 is 0 Å². The molecule has 0 unspecified atom stereocenters. The van der Waals surface area contributed by atoms with Crippen LogP contribution in [0.25, 0.3) is 123 Å². The third-order valence-corrected chi connectivity index (χ3v) is 22.7. The minimum atomic E-state index is -0.124. The summed E-state index contributed by atoms with van der Waals surface area (Å²) in [4.78, 5) is 54.5. The Morgan fingerprint density at radius 2 is 0.654 bits per heavy atom. The van der Waals surface area contributed by atoms with E-state index in [2.05, 4.69) is 252 Å². The van der Waals surface area contributed by atoms with Gasteiger partial charge >= 0.3 is 63.2 Å². The topological polar surface area (TPSA) is 147 Å². The van der Waals surface area contributed by atoms with E-state index in [-0.39, 0.29) is 95.8 Å². The normalized spacial score (nSPS) is 10.4. The molecule has 1 N–H and O–H groups in total. The zero-order chi connectivity index (χ0) is 89.7. The van der Waals surface area contributed by atoms with Gasteiger partial charge in [0, 0.05) is 81.0 Å². The molecule has 17 heteroatoms. The van der Waals surface area contributed by atoms with Gasteiger partial charge in [-0.05, 0) is 171 Å². The van der Waals surface area contributed by atoms with Crippen molar-refractivity contribution < 1.29 is 94.2 Å². The number of unbranched alkanes of at least 4 members (excludes halogenated alkanes) is 5. The summed E-state index contributed by atoms with van der Waals surface area (Å²) < 4.78 is 0. The largest absolute Gasteiger partial charge is 2.00 e. The predicted octanol–water partition coefficient (Wildman–Crippen LogP) is 29.7. The fourth-order valence-corrected chi connectivity index (χ4v) is 16.0. The zero-order valence-electron chi connectivity index (χ0n) is 73.9. The number of pyridine rings is 8. The molecule has 0 spiro atoms. The van der Waals surface area contributed by atoms with Gasteiger partial charge in [-0.3, -0.25) is 15.0 Å². The van der Waals surface area contributed by atoms with Gasteiger partial charge < -0.3 is 39.6 Å². The molecule has 0 amide bonds. The minimum Gasteiger partial charge on any atom is -0.506 e. The molecule has 11 aromatic carbocycles. The van der Waals surface area contributed by atoms with Crippen LogP contribution in [0, 0.1) is 42.5 Å². The van der Waals surface area contributed by atoms with E-state index in [4.69, 9.17) is 4.98 Å². The van der Waals surface area contributed by atoms with Gasteiger partial charge in [-0.25, -0.2) is 4.98 Å². The van der Waals surface area contributed by atoms with Crippen molar-refractivity contribution >= 4 is 51.2 Å². The summed E-state index contributed by atoms with van der Waals surface area (Å²) in [6, 6.07) is 153. The van der Waals surface area contributed by atoms with Gasteiger partial charge in [-0.2, -0.15) is 0 Å². The zero-order valence-corrected chi connectivity index (χ0v) is 83.8. The molecular formula is C119H89N10O2Pt4S-. The van der Waals surface area contributed by atoms with Crippen LogP contribution in [0.4, 0.5) is 34.1 Å². The fourth-order valence-electron chi connectivity index (χ4n) is 15.3. The smallest absolute Gasteiger partial charge is 0.506 e. The Balaban J connectivity index is 0.000000156. The summed E-state index contributed by atoms with van der Waals surface area (Å²) in [5, 5.41) is 11.8. The van der Waals surface area contributed by atoms with Crippen LogP contribution in [0.1, 0.15) is 66.9 Å². The summed E-state index contributed by atoms with van der Waals surface area (Å²) in [6.07, 6.45) is 19.7. The first-order valence-corrected chi connectivity index (χ1v) is 44.9. The van der Waals surface area contributed by atoms with Crippen LogP contribution in [0.2, 0.25) is 0 Å². The third kappa shape index (κ3) is 26.4. The van der Waals surface area contributed by atoms with Crippen molar-refractivity contribution in [3.05, 3.63) is 490 Å². The second-order valence-corrected chi connectivity index (χ2v) is 31.9. The molecule has 0 aliphatic heterocycles. The molecule has 0 saturated heterocycles. The molecule has 674 valence electrons. The number of aromatic hydroxyl groups is 1. The first-order chi connectivity index (χ1) is 65.2. The Kier molecular flexibility index (Phi) is 37.4. The molecule has 0 aliphatic rings. The molecule has 0 atom stereocenters. The molecule has 0 bridgehead atoms. The molecular weight excluding hydrogens is 2410 g/mol. The van der Waals surface area contributed by atoms with E-state index in [0.717, 1.165) is 164 Å². The van der Waals surface area contributed by atoms with Crippen molar-refractivity contribution in [3.63, 3.8) is 0 Å². The summed E-state index contributed by atoms with van der Waals surface area (Å²) in [6.45, 7) is 2.27. The van der Waals surface area contributed by atoms with Crippen molar-refractivity contribution in [3.8, 4) is 129 Å². The summed E-state index contributed by atoms with van der Waals surface area (Å²) >= 11 is 1.47. The Bertz CT molecular complexity index is 6690. The van der Waals surface area contributed by atoms with E-state index in [9.17, 15) is 9.90 Å². The van der Waals surface area contributed by atoms with E-state index in [0.29, 0.717) is 11.1 Å². The van der Waals surface area contributed by atoms with Gasteiger partial charge in [0.2, 0.25) is 0 Å². The summed E-state index contributed by atoms with van der Waals surface area (Å²) in [7, 11) is 0. The van der Waals surface area contributed by atoms with E-state index in [1.54, 1.807) is 30.6 Å². The molecule has 20 aromatic rings. The van der Waals surface area contributed by atoms with Crippen molar-refractivity contribution in [2.75, 3.05) is 9.80 Å². The molecule has 0 saturated carbocycles. The fraction of sp³-hybridized carbons (Fsp3) is 0.0672. The van der Waals surface area contributed by atoms with E-state index in [1.165, 1.54) is 55.4 Å². The second kappa shape index (κ2) is 51.0. The second-order valence-electron chi connectivity index (χ2n) is 31.0. The number of carbonyl (C=O) groups excluding carboxylic acids is 1. The van der Waals surface area contributed by atoms with Gasteiger partial charge in [-0.1, -0.05) is 254 Å². The number of thiophene rings is 1. The number of rotatable bonds is 26. The number of carbonyl (C=O) groups is 1. The van der Waals surface area contributed by atoms with Gasteiger partial charge in [0.05, 0.1) is 22.0 Å². The van der Waals surface area contributed by atoms with Crippen molar-refractivity contribution in [1.82, 2.24) is 39.9 Å². The van der Waals surface area contributed by atoms with E-state index >= 15 is 0 Å². The van der Waals surface area contributed by atoms with Crippen molar-refractivity contribution in [1.29, 1.82) is 0 Å². The molecule has 0 radical (unpaired) electrons. The third-order valence-electron chi connectivity index (χ3n) is 21.8. The number of hydrogen-bond acceptors (Lipinski definition) is 13. The molecule has 0 aliphatic carbocycles. The summed E-state index contributed by atoms with van der Waals surface area (Å²) in [5.41, 5.74) is 27.1. The van der Waals surface area contributed by atoms with Crippen LogP contribution in [0.15, 0.2) is 431 Å². The Labute approximate surface area is 857 Å². The average Bonchev–Trinajstić information content (AvgIpc) is 0.812. The monoisotopic (exact) mass is 2500 g/mol. The Morgan fingerprint density at radius 1 is 0.301 bits per heavy atom. The van der Waals surface area contributed by atoms with Gasteiger partial charge in [0.25, 0.3) is 0 Å². The first-order valence-electron chi connectivity index (χ1n) is 44.1. The number of benzene rings is 11. The summed E-state index contributed by atoms with van der Waals surface area (Å²) in [5.74, 6) is 0.130. The molecule has 20 rings (SSSR count). The quantitative estimate of drug-likeness (QED) is 0.0313. The molecule has 0 fully saturated rings. The van der Waals surface area contributed by atoms with Crippen molar-refractivity contribution in [2.45, 2.75) is 51.9 Å². The number of aromatic nitrogens is 8. The number of ketones is 1. The number of aryl methyl sites for hydroxylation is 1. The van der Waals surface area contributed by atoms with Crippen LogP contribution in [0.3, 0.4) is 0 Å². The maximum absolute atomic E-state index is 12.9. The molecule has 9 aromatic heterocycles. The first kappa shape index (κ1) is 99.6. The van der Waals surface area contributed by atoms with Crippen LogP contribution in [-0.4, -0.2) is 50.8 Å². The Morgan fingerprint density at radius 3 is 1.08 bits per heavy atom. The molecule has 12 nitrogen and oxygen atoms in total. The number of para-hydroxylation sites is 1. The standard InChI is InChI=1S/C40H27N3.C36H35N3.C23H14N2O.C20H13N2OS.4Pt/c1-4-14-30(15-5-1)32-24-34(39-20-10-12-22-41-39)28-37(26-32)43(36-18-8-3-9-19-36)38-27-33(31-16-6-2-7-17-31)25-35(29-38)40-21-11-13-23-42-40;1-2-3-4-5-6-7-14-29-21-23-32(24-22-29)39(33-17-12-15-30(27-33)35-19-8-10-25-37-35)34-18-13-16-31(28-34)36-20-9-11-26-38-36;26-23(19-9-5-7-17(15-19)21-11-1-3-13-24-21)20-10-6-8-18(16-20)22-12-2-4-14-25-22;23-19-12-13-24-20(19)18-11-5-10-17(22-18)16-9-4-8-15(21-16)14-6-2-1-3-7-14;;;;/h1-27H;8-13,15-26H,2-7,14H2,1H3;1-14H;1-6,8-13,23H;;;;/q3*-2;-1;;3*+2. The van der Waals surface area contributed by atoms with Gasteiger partial charge in [0.1, 0.15) is 11.5 Å². The van der Waals surface area contributed by atoms with Gasteiger partial charge in [0.15, 0.2) is 0 Å². The maximum Gasteiger partial charge on any atom is 2.00 e. The SMILES string of the molecule is CCCCCCCCc1ccc(N(c2[c-]c(-c3ccccn3)ccc2)c2[c-]c(-c3ccccn3)ccc2)cc1.O=C(c1[c-]c(-c2ccccn2)ccc1)c1[c-]c(-c2ccccn2)ccc1.Oc1ccsc1-c1cccc(-c2cccc(-c3[c-]cccc3)n2)n1.[Pt+2].[Pt+2].[Pt+2].[Pt].[c-]1c(-c2ccccn2)cc(-c2ccccc2)cc1N(c1[c-]c(-c2ccccn2)cc(-c2ccccc2)c1)c1ccccc1. The number of hydrogen-bond donors (Lipinski definition) is 1. The van der Waals surface area contributed by atoms with Crippen LogP contribution < -0.4 is 9.80 Å². The minimum absolute atomic E-state index is 0. The predicted molar refractivity (Wildman–Crippen MR) is 536 cm³/mol. The maximum atomic E-state index is 12.9. The van der Waals surface area contributed by atoms with Gasteiger partial charge in [-0.15, -0.1) is 203 Å². The van der Waals surface area contributed by atoms with Crippen molar-refractivity contribution in [2.24, 2.45) is 0 Å². The number of anilines is 6. The molecule has 136 heavy (non-hydrogen) atoms.